The van der Waals surface area contributed by atoms with Crippen LogP contribution in [0, 0.1) is 12.3 Å². The summed E-state index contributed by atoms with van der Waals surface area (Å²) in [5.41, 5.74) is 0. The topological polar surface area (TPSA) is 54.4 Å². The molecule has 12 heavy (non-hydrogen) atoms. The van der Waals surface area contributed by atoms with Crippen molar-refractivity contribution in [3.8, 4) is 12.3 Å². The predicted molar refractivity (Wildman–Crippen MR) is 48.4 cm³/mol. The van der Waals surface area contributed by atoms with E-state index in [1.54, 1.807) is 0 Å². The normalized spacial score (nSPS) is 16.5. The molecule has 0 aliphatic carbocycles. The van der Waals surface area contributed by atoms with E-state index in [2.05, 4.69) is 5.92 Å². The van der Waals surface area contributed by atoms with Crippen molar-refractivity contribution in [1.29, 1.82) is 0 Å². The second-order valence-corrected chi connectivity index (χ2v) is 5.25. The molecule has 1 N–H and O–H groups in total. The molecule has 0 fully saturated rings. The number of aliphatic hydroxyl groups excluding tert-OH is 1. The fourth-order valence-electron chi connectivity index (χ4n) is 0.751. The van der Waals surface area contributed by atoms with Crippen molar-refractivity contribution < 1.29 is 13.5 Å². The second-order valence-electron chi connectivity index (χ2n) is 2.84. The molecule has 2 atom stereocenters. The zero-order valence-corrected chi connectivity index (χ0v) is 8.13. The van der Waals surface area contributed by atoms with E-state index in [0.29, 0.717) is 12.8 Å². The molecule has 0 rings (SSSR count). The minimum Gasteiger partial charge on any atom is -0.392 e. The first-order valence-corrected chi connectivity index (χ1v) is 5.65. The van der Waals surface area contributed by atoms with Crippen molar-refractivity contribution in [1.82, 2.24) is 0 Å². The molecule has 0 aliphatic heterocycles. The van der Waals surface area contributed by atoms with Gasteiger partial charge in [0.15, 0.2) is 9.84 Å². The van der Waals surface area contributed by atoms with Crippen molar-refractivity contribution in [2.45, 2.75) is 31.1 Å². The van der Waals surface area contributed by atoms with Gasteiger partial charge in [0, 0.05) is 12.7 Å². The van der Waals surface area contributed by atoms with Crippen LogP contribution in [0.2, 0.25) is 0 Å². The third-order valence-corrected chi connectivity index (χ3v) is 3.47. The van der Waals surface area contributed by atoms with Gasteiger partial charge in [-0.2, -0.15) is 0 Å². The van der Waals surface area contributed by atoms with Gasteiger partial charge in [0.1, 0.15) is 0 Å². The van der Waals surface area contributed by atoms with Crippen LogP contribution in [-0.4, -0.2) is 31.1 Å². The van der Waals surface area contributed by atoms with Crippen LogP contribution in [0.1, 0.15) is 19.8 Å². The van der Waals surface area contributed by atoms with E-state index in [9.17, 15) is 13.5 Å². The summed E-state index contributed by atoms with van der Waals surface area (Å²) >= 11 is 0. The van der Waals surface area contributed by atoms with E-state index in [1.165, 1.54) is 6.92 Å². The largest absolute Gasteiger partial charge is 0.392 e. The Morgan fingerprint density at radius 2 is 2.08 bits per heavy atom. The molecular weight excluding hydrogens is 176 g/mol. The first-order valence-electron chi connectivity index (χ1n) is 3.70. The Hall–Kier alpha value is -0.530. The van der Waals surface area contributed by atoms with Crippen molar-refractivity contribution in [2.24, 2.45) is 0 Å². The molecule has 0 radical (unpaired) electrons. The number of aliphatic hydroxyl groups is 1. The zero-order valence-electron chi connectivity index (χ0n) is 7.32. The quantitative estimate of drug-likeness (QED) is 0.644. The van der Waals surface area contributed by atoms with Gasteiger partial charge in [-0.05, 0) is 13.3 Å². The average Bonchev–Trinajstić information content (AvgIpc) is 1.97. The van der Waals surface area contributed by atoms with Gasteiger partial charge >= 0.3 is 0 Å². The van der Waals surface area contributed by atoms with Gasteiger partial charge in [-0.25, -0.2) is 8.42 Å². The molecule has 0 aromatic heterocycles. The molecule has 0 bridgehead atoms. The van der Waals surface area contributed by atoms with Crippen LogP contribution >= 0.6 is 0 Å². The first-order chi connectivity index (χ1) is 5.39. The van der Waals surface area contributed by atoms with E-state index in [1.807, 2.05) is 0 Å². The molecule has 0 amide bonds. The smallest absolute Gasteiger partial charge is 0.152 e. The molecule has 0 aliphatic rings. The third-order valence-electron chi connectivity index (χ3n) is 1.80. The zero-order chi connectivity index (χ0) is 9.78. The molecule has 0 aromatic rings. The first kappa shape index (κ1) is 11.5. The predicted octanol–water partition coefficient (Wildman–Crippen LogP) is 0.194. The minimum atomic E-state index is -3.15. The van der Waals surface area contributed by atoms with Gasteiger partial charge in [0.05, 0.1) is 11.4 Å². The van der Waals surface area contributed by atoms with Crippen LogP contribution in [0.5, 0.6) is 0 Å². The van der Waals surface area contributed by atoms with E-state index < -0.39 is 21.2 Å². The Bertz CT molecular complexity index is 261. The Labute approximate surface area is 73.7 Å². The van der Waals surface area contributed by atoms with Crippen LogP contribution in [0.3, 0.4) is 0 Å². The van der Waals surface area contributed by atoms with Crippen LogP contribution in [0.15, 0.2) is 0 Å². The highest BCUT2D eigenvalue weighted by Crippen LogP contribution is 2.09. The molecule has 0 aromatic carbocycles. The van der Waals surface area contributed by atoms with Gasteiger partial charge in [-0.15, -0.1) is 12.3 Å². The standard InChI is InChI=1S/C8H14O3S/c1-4-5-6-8(9)7(2)12(3,10)11/h1,7-9H,5-6H2,2-3H3. The summed E-state index contributed by atoms with van der Waals surface area (Å²) in [5.74, 6) is 2.35. The highest BCUT2D eigenvalue weighted by molar-refractivity contribution is 7.91. The molecular formula is C8H14O3S. The van der Waals surface area contributed by atoms with Crippen molar-refractivity contribution in [3.05, 3.63) is 0 Å². The molecule has 4 heteroatoms. The summed E-state index contributed by atoms with van der Waals surface area (Å²) in [7, 11) is -3.15. The Balaban J connectivity index is 4.13. The SMILES string of the molecule is C#CCCC(O)C(C)S(C)(=O)=O. The number of hydrogen-bond donors (Lipinski definition) is 1. The van der Waals surface area contributed by atoms with Crippen LogP contribution in [0.25, 0.3) is 0 Å². The Morgan fingerprint density at radius 3 is 2.42 bits per heavy atom. The van der Waals surface area contributed by atoms with E-state index in [0.717, 1.165) is 6.26 Å². The van der Waals surface area contributed by atoms with Gasteiger partial charge in [-0.1, -0.05) is 0 Å². The minimum absolute atomic E-state index is 0.338. The van der Waals surface area contributed by atoms with Crippen molar-refractivity contribution >= 4 is 9.84 Å². The third kappa shape index (κ3) is 3.74. The number of sulfone groups is 1. The lowest BCUT2D eigenvalue weighted by molar-refractivity contribution is 0.164. The van der Waals surface area contributed by atoms with Gasteiger partial charge in [0.25, 0.3) is 0 Å². The summed E-state index contributed by atoms with van der Waals surface area (Å²) in [6, 6.07) is 0. The average molecular weight is 190 g/mol. The lowest BCUT2D eigenvalue weighted by Gasteiger charge is -2.15. The monoisotopic (exact) mass is 190 g/mol. The maximum Gasteiger partial charge on any atom is 0.152 e. The highest BCUT2D eigenvalue weighted by atomic mass is 32.2. The van der Waals surface area contributed by atoms with Gasteiger partial charge in [0.2, 0.25) is 0 Å². The second kappa shape index (κ2) is 4.48. The summed E-state index contributed by atoms with van der Waals surface area (Å²) in [6.07, 6.45) is 5.97. The van der Waals surface area contributed by atoms with Crippen LogP contribution in [-0.2, 0) is 9.84 Å². The van der Waals surface area contributed by atoms with Crippen molar-refractivity contribution in [3.63, 3.8) is 0 Å². The van der Waals surface area contributed by atoms with E-state index >= 15 is 0 Å². The molecule has 0 saturated carbocycles. The van der Waals surface area contributed by atoms with Gasteiger partial charge < -0.3 is 5.11 Å². The maximum atomic E-state index is 10.9. The summed E-state index contributed by atoms with van der Waals surface area (Å²) in [5, 5.41) is 8.58. The molecule has 3 nitrogen and oxygen atoms in total. The molecule has 2 unspecified atom stereocenters. The number of rotatable bonds is 4. The molecule has 0 spiro atoms. The van der Waals surface area contributed by atoms with Crippen LogP contribution in [0.4, 0.5) is 0 Å². The number of terminal acetylenes is 1. The lowest BCUT2D eigenvalue weighted by atomic mass is 10.1. The van der Waals surface area contributed by atoms with E-state index in [-0.39, 0.29) is 0 Å². The van der Waals surface area contributed by atoms with Gasteiger partial charge in [-0.3, -0.25) is 0 Å². The Kier molecular flexibility index (Phi) is 4.29. The molecule has 70 valence electrons. The number of hydrogen-bond acceptors (Lipinski definition) is 3. The molecule has 0 saturated heterocycles. The lowest BCUT2D eigenvalue weighted by Crippen LogP contribution is -2.30. The maximum absolute atomic E-state index is 10.9. The summed E-state index contributed by atoms with van der Waals surface area (Å²) < 4.78 is 21.8. The Morgan fingerprint density at radius 1 is 1.58 bits per heavy atom. The fourth-order valence-corrected chi connectivity index (χ4v) is 1.46. The van der Waals surface area contributed by atoms with E-state index in [4.69, 9.17) is 6.42 Å². The summed E-state index contributed by atoms with van der Waals surface area (Å²) in [6.45, 7) is 1.48. The fraction of sp³-hybridized carbons (Fsp3) is 0.750. The summed E-state index contributed by atoms with van der Waals surface area (Å²) in [4.78, 5) is 0. The molecule has 0 heterocycles. The van der Waals surface area contributed by atoms with Crippen molar-refractivity contribution in [2.75, 3.05) is 6.26 Å². The highest BCUT2D eigenvalue weighted by Gasteiger charge is 2.22. The van der Waals surface area contributed by atoms with Crippen LogP contribution < -0.4 is 0 Å².